The Labute approximate surface area is 136 Å². The lowest BCUT2D eigenvalue weighted by Crippen LogP contribution is -2.52. The highest BCUT2D eigenvalue weighted by molar-refractivity contribution is 5.68. The fourth-order valence-electron chi connectivity index (χ4n) is 2.69. The molecule has 0 bridgehead atoms. The second-order valence-corrected chi connectivity index (χ2v) is 7.10. The van der Waals surface area contributed by atoms with Crippen molar-refractivity contribution < 1.29 is 19.0 Å². The lowest BCUT2D eigenvalue weighted by molar-refractivity contribution is -0.0476. The van der Waals surface area contributed by atoms with Crippen LogP contribution in [0, 0.1) is 5.82 Å². The van der Waals surface area contributed by atoms with Crippen LogP contribution in [-0.2, 0) is 4.74 Å². The van der Waals surface area contributed by atoms with E-state index in [1.807, 2.05) is 20.8 Å². The minimum absolute atomic E-state index is 0.340. The van der Waals surface area contributed by atoms with Crippen molar-refractivity contribution in [2.45, 2.75) is 50.9 Å². The fraction of sp³-hybridized carbons (Fsp3) is 0.588. The molecule has 1 aromatic carbocycles. The lowest BCUT2D eigenvalue weighted by Gasteiger charge is -2.41. The third-order valence-corrected chi connectivity index (χ3v) is 4.09. The first-order valence-electron chi connectivity index (χ1n) is 7.82. The van der Waals surface area contributed by atoms with Crippen LogP contribution in [0.3, 0.4) is 0 Å². The monoisotopic (exact) mass is 324 g/mol. The van der Waals surface area contributed by atoms with Gasteiger partial charge in [-0.15, -0.1) is 0 Å². The maximum absolute atomic E-state index is 13.0. The van der Waals surface area contributed by atoms with Crippen LogP contribution < -0.4 is 5.73 Å². The maximum atomic E-state index is 13.0. The van der Waals surface area contributed by atoms with Crippen molar-refractivity contribution in [2.24, 2.45) is 5.73 Å². The molecule has 1 heterocycles. The van der Waals surface area contributed by atoms with Gasteiger partial charge in [-0.05, 0) is 51.3 Å². The molecule has 23 heavy (non-hydrogen) atoms. The van der Waals surface area contributed by atoms with Crippen molar-refractivity contribution in [2.75, 3.05) is 13.1 Å². The van der Waals surface area contributed by atoms with E-state index in [0.717, 1.165) is 0 Å². The average Bonchev–Trinajstić information content (AvgIpc) is 2.46. The molecule has 1 saturated heterocycles. The largest absolute Gasteiger partial charge is 0.444 e. The van der Waals surface area contributed by atoms with Gasteiger partial charge < -0.3 is 20.5 Å². The smallest absolute Gasteiger partial charge is 0.410 e. The van der Waals surface area contributed by atoms with Crippen LogP contribution in [0.25, 0.3) is 0 Å². The topological polar surface area (TPSA) is 75.8 Å². The molecule has 1 amide bonds. The quantitative estimate of drug-likeness (QED) is 0.877. The average molecular weight is 324 g/mol. The summed E-state index contributed by atoms with van der Waals surface area (Å²) in [5.41, 5.74) is 5.19. The Kier molecular flexibility index (Phi) is 4.96. The van der Waals surface area contributed by atoms with Crippen LogP contribution in [0.4, 0.5) is 9.18 Å². The summed E-state index contributed by atoms with van der Waals surface area (Å²) >= 11 is 0. The number of carbonyl (C=O) groups is 1. The molecule has 1 aliphatic rings. The fourth-order valence-corrected chi connectivity index (χ4v) is 2.69. The molecule has 0 aliphatic carbocycles. The van der Waals surface area contributed by atoms with E-state index < -0.39 is 17.2 Å². The number of ether oxygens (including phenoxy) is 1. The molecular formula is C17H25FN2O3. The number of likely N-dealkylation sites (tertiary alicyclic amines) is 1. The number of nitrogens with two attached hydrogens (primary N) is 1. The number of rotatable bonds is 2. The van der Waals surface area contributed by atoms with E-state index in [4.69, 9.17) is 10.5 Å². The minimum Gasteiger partial charge on any atom is -0.444 e. The molecule has 0 radical (unpaired) electrons. The first kappa shape index (κ1) is 17.7. The van der Waals surface area contributed by atoms with Gasteiger partial charge in [-0.3, -0.25) is 0 Å². The number of piperidine rings is 1. The van der Waals surface area contributed by atoms with E-state index >= 15 is 0 Å². The molecule has 5 nitrogen and oxygen atoms in total. The molecule has 1 aromatic rings. The van der Waals surface area contributed by atoms with E-state index in [9.17, 15) is 14.3 Å². The van der Waals surface area contributed by atoms with E-state index in [0.29, 0.717) is 31.5 Å². The molecule has 128 valence electrons. The van der Waals surface area contributed by atoms with E-state index in [-0.39, 0.29) is 11.9 Å². The first-order chi connectivity index (χ1) is 10.6. The molecule has 1 unspecified atom stereocenters. The van der Waals surface area contributed by atoms with E-state index in [1.165, 1.54) is 12.1 Å². The van der Waals surface area contributed by atoms with E-state index in [1.54, 1.807) is 17.0 Å². The van der Waals surface area contributed by atoms with Gasteiger partial charge in [0.1, 0.15) is 11.4 Å². The van der Waals surface area contributed by atoms with Crippen molar-refractivity contribution in [3.8, 4) is 0 Å². The van der Waals surface area contributed by atoms with Crippen LogP contribution in [0.5, 0.6) is 0 Å². The lowest BCUT2D eigenvalue weighted by atomic mass is 9.81. The zero-order valence-electron chi connectivity index (χ0n) is 13.9. The van der Waals surface area contributed by atoms with Gasteiger partial charge in [0.15, 0.2) is 0 Å². The van der Waals surface area contributed by atoms with Gasteiger partial charge >= 0.3 is 6.09 Å². The highest BCUT2D eigenvalue weighted by atomic mass is 19.1. The van der Waals surface area contributed by atoms with Crippen LogP contribution in [-0.4, -0.2) is 40.4 Å². The molecule has 1 fully saturated rings. The third-order valence-electron chi connectivity index (χ3n) is 4.09. The van der Waals surface area contributed by atoms with Gasteiger partial charge in [0.2, 0.25) is 0 Å². The predicted molar refractivity (Wildman–Crippen MR) is 85.3 cm³/mol. The SMILES string of the molecule is CC(C)(C)OC(=O)N1CCC(O)(C(N)c2ccc(F)cc2)CC1. The number of amides is 1. The number of hydrogen-bond acceptors (Lipinski definition) is 4. The summed E-state index contributed by atoms with van der Waals surface area (Å²) in [4.78, 5) is 13.6. The summed E-state index contributed by atoms with van der Waals surface area (Å²) in [7, 11) is 0. The summed E-state index contributed by atoms with van der Waals surface area (Å²) in [6.45, 7) is 6.20. The van der Waals surface area contributed by atoms with Gasteiger partial charge in [-0.1, -0.05) is 12.1 Å². The summed E-state index contributed by atoms with van der Waals surface area (Å²) in [5.74, 6) is -0.340. The summed E-state index contributed by atoms with van der Waals surface area (Å²) in [6, 6.07) is 5.20. The van der Waals surface area contributed by atoms with Crippen molar-refractivity contribution in [3.63, 3.8) is 0 Å². The highest BCUT2D eigenvalue weighted by Crippen LogP contribution is 2.33. The van der Waals surface area contributed by atoms with Crippen molar-refractivity contribution >= 4 is 6.09 Å². The summed E-state index contributed by atoms with van der Waals surface area (Å²) in [5, 5.41) is 10.8. The predicted octanol–water partition coefficient (Wildman–Crippen LogP) is 2.59. The molecule has 6 heteroatoms. The van der Waals surface area contributed by atoms with Gasteiger partial charge in [0, 0.05) is 13.1 Å². The Morgan fingerprint density at radius 2 is 1.83 bits per heavy atom. The van der Waals surface area contributed by atoms with Crippen LogP contribution in [0.15, 0.2) is 24.3 Å². The first-order valence-corrected chi connectivity index (χ1v) is 7.82. The standard InChI is InChI=1S/C17H25FN2O3/c1-16(2,3)23-15(21)20-10-8-17(22,9-11-20)14(19)12-4-6-13(18)7-5-12/h4-7,14,22H,8-11,19H2,1-3H3. The Bertz CT molecular complexity index is 546. The number of aliphatic hydroxyl groups is 1. The molecule has 2 rings (SSSR count). The Morgan fingerprint density at radius 1 is 1.30 bits per heavy atom. The minimum atomic E-state index is -1.11. The number of benzene rings is 1. The number of hydrogen-bond donors (Lipinski definition) is 2. The van der Waals surface area contributed by atoms with Gasteiger partial charge in [-0.25, -0.2) is 9.18 Å². The molecular weight excluding hydrogens is 299 g/mol. The highest BCUT2D eigenvalue weighted by Gasteiger charge is 2.40. The zero-order chi connectivity index (χ0) is 17.3. The second-order valence-electron chi connectivity index (χ2n) is 7.10. The van der Waals surface area contributed by atoms with Crippen molar-refractivity contribution in [3.05, 3.63) is 35.6 Å². The normalized spacial score (nSPS) is 19.3. The Balaban J connectivity index is 1.99. The zero-order valence-corrected chi connectivity index (χ0v) is 13.9. The van der Waals surface area contributed by atoms with Crippen molar-refractivity contribution in [1.29, 1.82) is 0 Å². The Hall–Kier alpha value is -1.66. The molecule has 0 aromatic heterocycles. The summed E-state index contributed by atoms with van der Waals surface area (Å²) in [6.07, 6.45) is 0.324. The Morgan fingerprint density at radius 3 is 2.30 bits per heavy atom. The number of halogens is 1. The molecule has 1 aliphatic heterocycles. The molecule has 1 atom stereocenters. The van der Waals surface area contributed by atoms with Gasteiger partial charge in [0.05, 0.1) is 11.6 Å². The second kappa shape index (κ2) is 6.45. The van der Waals surface area contributed by atoms with E-state index in [2.05, 4.69) is 0 Å². The van der Waals surface area contributed by atoms with Gasteiger partial charge in [-0.2, -0.15) is 0 Å². The molecule has 0 spiro atoms. The van der Waals surface area contributed by atoms with Crippen LogP contribution >= 0.6 is 0 Å². The summed E-state index contributed by atoms with van der Waals surface area (Å²) < 4.78 is 18.3. The number of carbonyl (C=O) groups excluding carboxylic acids is 1. The maximum Gasteiger partial charge on any atom is 0.410 e. The molecule has 0 saturated carbocycles. The third kappa shape index (κ3) is 4.42. The van der Waals surface area contributed by atoms with Crippen molar-refractivity contribution in [1.82, 2.24) is 4.90 Å². The molecule has 3 N–H and O–H groups in total. The van der Waals surface area contributed by atoms with Crippen LogP contribution in [0.2, 0.25) is 0 Å². The van der Waals surface area contributed by atoms with Crippen LogP contribution in [0.1, 0.15) is 45.2 Å². The van der Waals surface area contributed by atoms with Gasteiger partial charge in [0.25, 0.3) is 0 Å². The number of nitrogens with zero attached hydrogens (tertiary/aromatic N) is 1.